The van der Waals surface area contributed by atoms with E-state index < -0.39 is 11.7 Å². The van der Waals surface area contributed by atoms with E-state index >= 15 is 0 Å². The summed E-state index contributed by atoms with van der Waals surface area (Å²) in [6.07, 6.45) is 0. The highest BCUT2D eigenvalue weighted by Gasteiger charge is 2.16. The maximum Gasteiger partial charge on any atom is 0.340 e. The number of H-pyrrole nitrogens is 2. The number of halogens is 1. The van der Waals surface area contributed by atoms with E-state index in [2.05, 4.69) is 25.6 Å². The Kier molecular flexibility index (Phi) is 3.93. The first kappa shape index (κ1) is 14.3. The number of nitrogens with one attached hydrogen (secondary N) is 3. The second kappa shape index (κ2) is 5.49. The van der Waals surface area contributed by atoms with E-state index in [4.69, 9.17) is 11.6 Å². The Morgan fingerprint density at radius 2 is 2.20 bits per heavy atom. The minimum Gasteiger partial charge on any atom is -0.345 e. The largest absolute Gasteiger partial charge is 0.345 e. The molecule has 0 radical (unpaired) electrons. The molecule has 0 bridgehead atoms. The van der Waals surface area contributed by atoms with Gasteiger partial charge in [0.15, 0.2) is 5.82 Å². The van der Waals surface area contributed by atoms with Gasteiger partial charge in [-0.2, -0.15) is 10.2 Å². The van der Waals surface area contributed by atoms with Crippen molar-refractivity contribution < 1.29 is 4.79 Å². The number of hydrogen-bond donors (Lipinski definition) is 3. The SMILES string of the molecule is Cc1nn(CC(=O)N[C@H](C)c2n[nH]c(=O)[nH]2)c(C)c1Cl. The van der Waals surface area contributed by atoms with Crippen LogP contribution in [0.15, 0.2) is 4.79 Å². The second-order valence-corrected chi connectivity index (χ2v) is 4.87. The van der Waals surface area contributed by atoms with Gasteiger partial charge >= 0.3 is 5.69 Å². The van der Waals surface area contributed by atoms with Crippen molar-refractivity contribution in [2.24, 2.45) is 0 Å². The molecule has 108 valence electrons. The van der Waals surface area contributed by atoms with Crippen LogP contribution in [-0.4, -0.2) is 30.9 Å². The smallest absolute Gasteiger partial charge is 0.340 e. The van der Waals surface area contributed by atoms with Gasteiger partial charge in [-0.25, -0.2) is 9.89 Å². The number of rotatable bonds is 4. The van der Waals surface area contributed by atoms with Crippen LogP contribution in [0.4, 0.5) is 0 Å². The van der Waals surface area contributed by atoms with Crippen LogP contribution in [0.25, 0.3) is 0 Å². The van der Waals surface area contributed by atoms with Crippen LogP contribution >= 0.6 is 11.6 Å². The molecule has 0 aliphatic heterocycles. The molecule has 0 spiro atoms. The normalized spacial score (nSPS) is 12.4. The van der Waals surface area contributed by atoms with Crippen LogP contribution in [0, 0.1) is 13.8 Å². The molecule has 20 heavy (non-hydrogen) atoms. The lowest BCUT2D eigenvalue weighted by Crippen LogP contribution is -2.31. The van der Waals surface area contributed by atoms with Gasteiger partial charge in [0.2, 0.25) is 5.91 Å². The first-order valence-corrected chi connectivity index (χ1v) is 6.39. The standard InChI is InChI=1S/C11H15ClN6O2/c1-5-9(12)7(3)18(17-5)4-8(19)13-6(2)10-14-11(20)16-15-10/h6H,4H2,1-3H3,(H,13,19)(H2,14,15,16,20)/t6-/m1/s1. The molecule has 1 atom stereocenters. The van der Waals surface area contributed by atoms with Crippen molar-refractivity contribution >= 4 is 17.5 Å². The summed E-state index contributed by atoms with van der Waals surface area (Å²) < 4.78 is 1.53. The third kappa shape index (κ3) is 2.90. The van der Waals surface area contributed by atoms with Gasteiger partial charge in [0.05, 0.1) is 22.5 Å². The zero-order valence-electron chi connectivity index (χ0n) is 11.3. The molecule has 1 amide bonds. The van der Waals surface area contributed by atoms with E-state index in [9.17, 15) is 9.59 Å². The topological polar surface area (TPSA) is 108 Å². The molecular formula is C11H15ClN6O2. The second-order valence-electron chi connectivity index (χ2n) is 4.49. The van der Waals surface area contributed by atoms with Gasteiger partial charge in [0.1, 0.15) is 6.54 Å². The zero-order chi connectivity index (χ0) is 14.9. The van der Waals surface area contributed by atoms with E-state index in [0.29, 0.717) is 16.5 Å². The minimum absolute atomic E-state index is 0.0540. The summed E-state index contributed by atoms with van der Waals surface area (Å²) in [6, 6.07) is -0.408. The fourth-order valence-electron chi connectivity index (χ4n) is 1.81. The van der Waals surface area contributed by atoms with Gasteiger partial charge in [-0.1, -0.05) is 11.6 Å². The van der Waals surface area contributed by atoms with E-state index in [1.165, 1.54) is 4.68 Å². The molecule has 3 N–H and O–H groups in total. The molecule has 0 saturated carbocycles. The van der Waals surface area contributed by atoms with E-state index in [-0.39, 0.29) is 12.5 Å². The van der Waals surface area contributed by atoms with Crippen molar-refractivity contribution in [3.63, 3.8) is 0 Å². The number of amides is 1. The van der Waals surface area contributed by atoms with Gasteiger partial charge in [-0.05, 0) is 20.8 Å². The molecule has 0 saturated heterocycles. The summed E-state index contributed by atoms with van der Waals surface area (Å²) in [7, 11) is 0. The van der Waals surface area contributed by atoms with Crippen molar-refractivity contribution in [2.75, 3.05) is 0 Å². The highest BCUT2D eigenvalue weighted by atomic mass is 35.5. The van der Waals surface area contributed by atoms with Gasteiger partial charge in [-0.15, -0.1) is 0 Å². The van der Waals surface area contributed by atoms with Crippen molar-refractivity contribution in [3.05, 3.63) is 32.7 Å². The summed E-state index contributed by atoms with van der Waals surface area (Å²) in [4.78, 5) is 25.4. The Hall–Kier alpha value is -2.09. The van der Waals surface area contributed by atoms with E-state index in [0.717, 1.165) is 5.69 Å². The molecule has 2 aromatic rings. The Morgan fingerprint density at radius 1 is 1.50 bits per heavy atom. The summed E-state index contributed by atoms with van der Waals surface area (Å²) in [6.45, 7) is 5.35. The first-order chi connectivity index (χ1) is 9.38. The van der Waals surface area contributed by atoms with Crippen molar-refractivity contribution in [3.8, 4) is 0 Å². The molecular weight excluding hydrogens is 284 g/mol. The Labute approximate surface area is 119 Å². The number of aryl methyl sites for hydroxylation is 1. The monoisotopic (exact) mass is 298 g/mol. The van der Waals surface area contributed by atoms with Gasteiger partial charge in [0, 0.05) is 0 Å². The van der Waals surface area contributed by atoms with Crippen LogP contribution in [0.2, 0.25) is 5.02 Å². The summed E-state index contributed by atoms with van der Waals surface area (Å²) in [5.74, 6) is 0.123. The maximum atomic E-state index is 11.9. The molecule has 0 aliphatic carbocycles. The molecule has 2 rings (SSSR count). The van der Waals surface area contributed by atoms with Gasteiger partial charge < -0.3 is 5.32 Å². The summed E-state index contributed by atoms with van der Waals surface area (Å²) >= 11 is 6.02. The van der Waals surface area contributed by atoms with Crippen LogP contribution < -0.4 is 11.0 Å². The number of aromatic amines is 2. The average molecular weight is 299 g/mol. The van der Waals surface area contributed by atoms with Crippen molar-refractivity contribution in [1.29, 1.82) is 0 Å². The Balaban J connectivity index is 2.02. The highest BCUT2D eigenvalue weighted by molar-refractivity contribution is 6.31. The first-order valence-electron chi connectivity index (χ1n) is 6.02. The number of carbonyl (C=O) groups excluding carboxylic acids is 1. The molecule has 8 nitrogen and oxygen atoms in total. The summed E-state index contributed by atoms with van der Waals surface area (Å²) in [5, 5.41) is 13.5. The quantitative estimate of drug-likeness (QED) is 0.761. The van der Waals surface area contributed by atoms with Gasteiger partial charge in [-0.3, -0.25) is 14.5 Å². The molecule has 2 heterocycles. The number of carbonyl (C=O) groups is 1. The lowest BCUT2D eigenvalue weighted by molar-refractivity contribution is -0.122. The van der Waals surface area contributed by atoms with E-state index in [1.807, 2.05) is 0 Å². The van der Waals surface area contributed by atoms with Gasteiger partial charge in [0.25, 0.3) is 0 Å². The third-order valence-corrected chi connectivity index (χ3v) is 3.44. The third-order valence-electron chi connectivity index (χ3n) is 2.89. The van der Waals surface area contributed by atoms with Crippen LogP contribution in [0.3, 0.4) is 0 Å². The van der Waals surface area contributed by atoms with E-state index in [1.54, 1.807) is 20.8 Å². The lowest BCUT2D eigenvalue weighted by Gasteiger charge is -2.11. The maximum absolute atomic E-state index is 11.9. The number of nitrogens with zero attached hydrogens (tertiary/aromatic N) is 3. The zero-order valence-corrected chi connectivity index (χ0v) is 12.1. The van der Waals surface area contributed by atoms with Crippen LogP contribution in [-0.2, 0) is 11.3 Å². The molecule has 2 aromatic heterocycles. The summed E-state index contributed by atoms with van der Waals surface area (Å²) in [5.41, 5.74) is 1.01. The fourth-order valence-corrected chi connectivity index (χ4v) is 1.94. The van der Waals surface area contributed by atoms with Crippen molar-refractivity contribution in [2.45, 2.75) is 33.4 Å². The van der Waals surface area contributed by atoms with Crippen LogP contribution in [0.5, 0.6) is 0 Å². The van der Waals surface area contributed by atoms with Crippen LogP contribution in [0.1, 0.15) is 30.2 Å². The molecule has 0 fully saturated rings. The van der Waals surface area contributed by atoms with Crippen molar-refractivity contribution in [1.82, 2.24) is 30.3 Å². The minimum atomic E-state index is -0.411. The average Bonchev–Trinajstić information content (AvgIpc) is 2.90. The number of aromatic nitrogens is 5. The molecule has 0 unspecified atom stereocenters. The number of hydrogen-bond acceptors (Lipinski definition) is 4. The Bertz CT molecular complexity index is 685. The molecule has 0 aromatic carbocycles. The molecule has 9 heteroatoms. The highest BCUT2D eigenvalue weighted by Crippen LogP contribution is 2.18. The predicted molar refractivity (Wildman–Crippen MR) is 72.5 cm³/mol. The predicted octanol–water partition coefficient (Wildman–Crippen LogP) is 0.442. The molecule has 0 aliphatic rings. The lowest BCUT2D eigenvalue weighted by atomic mass is 10.3. The fraction of sp³-hybridized carbons (Fsp3) is 0.455. The Morgan fingerprint density at radius 3 is 2.70 bits per heavy atom.